The van der Waals surface area contributed by atoms with Gasteiger partial charge in [0.15, 0.2) is 0 Å². The molecule has 18 heavy (non-hydrogen) atoms. The Morgan fingerprint density at radius 3 is 2.61 bits per heavy atom. The molecule has 1 aromatic heterocycles. The average Bonchev–Trinajstić information content (AvgIpc) is 2.85. The van der Waals surface area contributed by atoms with Crippen LogP contribution in [0.1, 0.15) is 62.0 Å². The lowest BCUT2D eigenvalue weighted by atomic mass is 9.90. The van der Waals surface area contributed by atoms with Crippen LogP contribution in [0.2, 0.25) is 0 Å². The maximum absolute atomic E-state index is 4.63. The van der Waals surface area contributed by atoms with Crippen molar-refractivity contribution in [1.29, 1.82) is 0 Å². The summed E-state index contributed by atoms with van der Waals surface area (Å²) in [4.78, 5) is 4.63. The van der Waals surface area contributed by atoms with E-state index in [4.69, 9.17) is 0 Å². The zero-order chi connectivity index (χ0) is 13.0. The smallest absolute Gasteiger partial charge is 0.0423 e. The molecule has 1 unspecified atom stereocenters. The van der Waals surface area contributed by atoms with Crippen LogP contribution in [0, 0.1) is 19.8 Å². The van der Waals surface area contributed by atoms with E-state index in [1.807, 2.05) is 0 Å². The van der Waals surface area contributed by atoms with Crippen LogP contribution in [0.5, 0.6) is 0 Å². The first-order valence-electron chi connectivity index (χ1n) is 7.40. The molecule has 0 saturated heterocycles. The first-order chi connectivity index (χ1) is 8.72. The van der Waals surface area contributed by atoms with Crippen LogP contribution in [0.25, 0.3) is 0 Å². The van der Waals surface area contributed by atoms with Gasteiger partial charge in [-0.05, 0) is 57.2 Å². The number of hydrogen-bond donors (Lipinski definition) is 1. The Morgan fingerprint density at radius 1 is 1.28 bits per heavy atom. The summed E-state index contributed by atoms with van der Waals surface area (Å²) in [6.07, 6.45) is 6.73. The molecule has 0 radical (unpaired) electrons. The molecule has 1 N–H and O–H groups in total. The zero-order valence-corrected chi connectivity index (χ0v) is 12.0. The van der Waals surface area contributed by atoms with Crippen molar-refractivity contribution in [1.82, 2.24) is 10.3 Å². The van der Waals surface area contributed by atoms with Crippen molar-refractivity contribution in [3.8, 4) is 0 Å². The van der Waals surface area contributed by atoms with Crippen LogP contribution >= 0.6 is 0 Å². The molecule has 0 spiro atoms. The van der Waals surface area contributed by atoms with Crippen molar-refractivity contribution in [3.05, 3.63) is 29.1 Å². The van der Waals surface area contributed by atoms with E-state index < -0.39 is 0 Å². The fourth-order valence-corrected chi connectivity index (χ4v) is 3.15. The van der Waals surface area contributed by atoms with Crippen molar-refractivity contribution < 1.29 is 0 Å². The van der Waals surface area contributed by atoms with Gasteiger partial charge in [0.05, 0.1) is 0 Å². The monoisotopic (exact) mass is 246 g/mol. The summed E-state index contributed by atoms with van der Waals surface area (Å²) in [5, 5.41) is 3.75. The third-order valence-electron chi connectivity index (χ3n) is 4.09. The topological polar surface area (TPSA) is 24.9 Å². The number of nitrogens with one attached hydrogen (secondary N) is 1. The molecule has 1 aromatic rings. The van der Waals surface area contributed by atoms with Gasteiger partial charge in [0.2, 0.25) is 0 Å². The van der Waals surface area contributed by atoms with Gasteiger partial charge < -0.3 is 5.32 Å². The summed E-state index contributed by atoms with van der Waals surface area (Å²) >= 11 is 0. The summed E-state index contributed by atoms with van der Waals surface area (Å²) in [5.41, 5.74) is 3.74. The lowest BCUT2D eigenvalue weighted by molar-refractivity contribution is 0.366. The number of nitrogens with zero attached hydrogens (tertiary/aromatic N) is 1. The molecule has 2 rings (SSSR count). The molecule has 2 heteroatoms. The summed E-state index contributed by atoms with van der Waals surface area (Å²) in [6, 6.07) is 4.95. The highest BCUT2D eigenvalue weighted by Crippen LogP contribution is 2.36. The predicted molar refractivity (Wildman–Crippen MR) is 76.7 cm³/mol. The molecule has 1 heterocycles. The molecule has 100 valence electrons. The van der Waals surface area contributed by atoms with E-state index in [-0.39, 0.29) is 0 Å². The highest BCUT2D eigenvalue weighted by Gasteiger charge is 2.27. The van der Waals surface area contributed by atoms with Gasteiger partial charge in [-0.3, -0.25) is 4.98 Å². The molecule has 2 nitrogen and oxygen atoms in total. The molecule has 0 aromatic carbocycles. The normalized spacial score (nSPS) is 18.2. The lowest BCUT2D eigenvalue weighted by Crippen LogP contribution is -2.28. The van der Waals surface area contributed by atoms with Crippen LogP contribution in [0.4, 0.5) is 0 Å². The first-order valence-corrected chi connectivity index (χ1v) is 7.40. The minimum atomic E-state index is 0.514. The van der Waals surface area contributed by atoms with Crippen molar-refractivity contribution >= 4 is 0 Å². The SMILES string of the molecule is CCCNC(c1ccc(C)nc1C)C1CCCC1. The van der Waals surface area contributed by atoms with Crippen molar-refractivity contribution in [2.45, 2.75) is 58.9 Å². The Hall–Kier alpha value is -0.890. The van der Waals surface area contributed by atoms with Crippen LogP contribution < -0.4 is 5.32 Å². The van der Waals surface area contributed by atoms with Gasteiger partial charge in [-0.1, -0.05) is 25.8 Å². The maximum atomic E-state index is 4.63. The minimum absolute atomic E-state index is 0.514. The molecule has 0 aliphatic heterocycles. The highest BCUT2D eigenvalue weighted by atomic mass is 14.9. The number of hydrogen-bond acceptors (Lipinski definition) is 2. The zero-order valence-electron chi connectivity index (χ0n) is 12.0. The number of aryl methyl sites for hydroxylation is 2. The molecular formula is C16H26N2. The largest absolute Gasteiger partial charge is 0.310 e. The molecule has 0 amide bonds. The fraction of sp³-hybridized carbons (Fsp3) is 0.688. The Bertz CT molecular complexity index is 381. The lowest BCUT2D eigenvalue weighted by Gasteiger charge is -2.26. The number of aromatic nitrogens is 1. The Kier molecular flexibility index (Phi) is 4.76. The van der Waals surface area contributed by atoms with Crippen molar-refractivity contribution in [2.75, 3.05) is 6.54 Å². The van der Waals surface area contributed by atoms with Crippen molar-refractivity contribution in [3.63, 3.8) is 0 Å². The quantitative estimate of drug-likeness (QED) is 0.851. The second-order valence-corrected chi connectivity index (χ2v) is 5.60. The third kappa shape index (κ3) is 3.11. The highest BCUT2D eigenvalue weighted by molar-refractivity contribution is 5.26. The van der Waals surface area contributed by atoms with E-state index in [2.05, 4.69) is 43.2 Å². The third-order valence-corrected chi connectivity index (χ3v) is 4.09. The number of pyridine rings is 1. The van der Waals surface area contributed by atoms with Gasteiger partial charge >= 0.3 is 0 Å². The van der Waals surface area contributed by atoms with E-state index in [0.717, 1.165) is 18.2 Å². The standard InChI is InChI=1S/C16H26N2/c1-4-11-17-16(14-7-5-6-8-14)15-10-9-12(2)18-13(15)3/h9-10,14,16-17H,4-8,11H2,1-3H3. The second kappa shape index (κ2) is 6.33. The van der Waals surface area contributed by atoms with Gasteiger partial charge in [-0.2, -0.15) is 0 Å². The van der Waals surface area contributed by atoms with Crippen LogP contribution in [-0.4, -0.2) is 11.5 Å². The Labute approximate surface area is 111 Å². The molecular weight excluding hydrogens is 220 g/mol. The first kappa shape index (κ1) is 13.5. The Morgan fingerprint density at radius 2 is 2.00 bits per heavy atom. The summed E-state index contributed by atoms with van der Waals surface area (Å²) in [5.74, 6) is 0.805. The summed E-state index contributed by atoms with van der Waals surface area (Å²) < 4.78 is 0. The van der Waals surface area contributed by atoms with Gasteiger partial charge in [-0.15, -0.1) is 0 Å². The molecule has 1 aliphatic carbocycles. The van der Waals surface area contributed by atoms with E-state index >= 15 is 0 Å². The second-order valence-electron chi connectivity index (χ2n) is 5.60. The molecule has 0 bridgehead atoms. The van der Waals surface area contributed by atoms with Crippen LogP contribution in [-0.2, 0) is 0 Å². The van der Waals surface area contributed by atoms with E-state index in [0.29, 0.717) is 6.04 Å². The van der Waals surface area contributed by atoms with Gasteiger partial charge in [0, 0.05) is 17.4 Å². The number of rotatable bonds is 5. The minimum Gasteiger partial charge on any atom is -0.310 e. The molecule has 1 aliphatic rings. The molecule has 1 saturated carbocycles. The predicted octanol–water partition coefficient (Wildman–Crippen LogP) is 3.93. The van der Waals surface area contributed by atoms with Crippen LogP contribution in [0.15, 0.2) is 12.1 Å². The van der Waals surface area contributed by atoms with Crippen LogP contribution in [0.3, 0.4) is 0 Å². The van der Waals surface area contributed by atoms with Crippen molar-refractivity contribution in [2.24, 2.45) is 5.92 Å². The van der Waals surface area contributed by atoms with Gasteiger partial charge in [0.1, 0.15) is 0 Å². The Balaban J connectivity index is 2.20. The van der Waals surface area contributed by atoms with Gasteiger partial charge in [0.25, 0.3) is 0 Å². The summed E-state index contributed by atoms with van der Waals surface area (Å²) in [6.45, 7) is 7.56. The van der Waals surface area contributed by atoms with E-state index in [1.54, 1.807) is 0 Å². The fourth-order valence-electron chi connectivity index (χ4n) is 3.15. The summed E-state index contributed by atoms with van der Waals surface area (Å²) in [7, 11) is 0. The average molecular weight is 246 g/mol. The molecule has 1 atom stereocenters. The van der Waals surface area contributed by atoms with Gasteiger partial charge in [-0.25, -0.2) is 0 Å². The molecule has 1 fully saturated rings. The van der Waals surface area contributed by atoms with E-state index in [9.17, 15) is 0 Å². The van der Waals surface area contributed by atoms with E-state index in [1.165, 1.54) is 43.4 Å². The maximum Gasteiger partial charge on any atom is 0.0423 e.